The highest BCUT2D eigenvalue weighted by molar-refractivity contribution is 5.97. The van der Waals surface area contributed by atoms with Gasteiger partial charge in [-0.3, -0.25) is 9.59 Å². The van der Waals surface area contributed by atoms with Crippen molar-refractivity contribution in [3.05, 3.63) is 23.8 Å². The molecular weight excluding hydrogens is 292 g/mol. The van der Waals surface area contributed by atoms with Gasteiger partial charge in [-0.05, 0) is 49.4 Å². The van der Waals surface area contributed by atoms with Crippen molar-refractivity contribution in [1.29, 1.82) is 0 Å². The van der Waals surface area contributed by atoms with E-state index < -0.39 is 0 Å². The third-order valence-electron chi connectivity index (χ3n) is 4.76. The van der Waals surface area contributed by atoms with Gasteiger partial charge in [0.1, 0.15) is 6.61 Å². The molecule has 2 amide bonds. The van der Waals surface area contributed by atoms with Gasteiger partial charge in [-0.15, -0.1) is 0 Å². The van der Waals surface area contributed by atoms with Gasteiger partial charge in [0.25, 0.3) is 5.91 Å². The number of rotatable bonds is 4. The molecule has 5 heteroatoms. The van der Waals surface area contributed by atoms with Gasteiger partial charge in [0.2, 0.25) is 5.91 Å². The molecule has 0 saturated heterocycles. The summed E-state index contributed by atoms with van der Waals surface area (Å²) in [6, 6.07) is 5.84. The first kappa shape index (κ1) is 16.0. The average molecular weight is 316 g/mol. The molecule has 124 valence electrons. The van der Waals surface area contributed by atoms with Crippen LogP contribution in [0, 0.1) is 5.92 Å². The predicted molar refractivity (Wildman–Crippen MR) is 89.6 cm³/mol. The molecular formula is C18H24N2O3. The molecule has 0 atom stereocenters. The van der Waals surface area contributed by atoms with E-state index in [4.69, 9.17) is 4.74 Å². The van der Waals surface area contributed by atoms with Gasteiger partial charge in [0, 0.05) is 30.9 Å². The van der Waals surface area contributed by atoms with Crippen LogP contribution in [0.1, 0.15) is 37.7 Å². The van der Waals surface area contributed by atoms with Crippen LogP contribution in [0.25, 0.3) is 0 Å². The van der Waals surface area contributed by atoms with Gasteiger partial charge < -0.3 is 15.0 Å². The number of hydrogen-bond donors (Lipinski definition) is 1. The number of benzene rings is 1. The quantitative estimate of drug-likeness (QED) is 0.929. The van der Waals surface area contributed by atoms with Crippen LogP contribution in [0.5, 0.6) is 0 Å². The molecule has 1 fully saturated rings. The molecule has 1 N–H and O–H groups in total. The first-order valence-corrected chi connectivity index (χ1v) is 8.42. The Balaban J connectivity index is 1.73. The number of carbonyl (C=O) groups excluding carboxylic acids is 2. The largest absolute Gasteiger partial charge is 0.375 e. The molecule has 1 aromatic carbocycles. The zero-order valence-corrected chi connectivity index (χ0v) is 13.6. The molecule has 1 saturated carbocycles. The fourth-order valence-corrected chi connectivity index (χ4v) is 3.57. The standard InChI is InChI=1S/C18H24N2O3/c1-23-12-17(21)20-10-4-7-14-11-15(8-9-16(14)20)19-18(22)13-5-2-3-6-13/h8-9,11,13H,2-7,10,12H2,1H3,(H,19,22). The predicted octanol–water partition coefficient (Wildman–Crippen LogP) is 2.74. The number of methoxy groups -OCH3 is 1. The van der Waals surface area contributed by atoms with Crippen LogP contribution in [0.4, 0.5) is 11.4 Å². The molecule has 0 radical (unpaired) electrons. The van der Waals surface area contributed by atoms with Crippen molar-refractivity contribution in [2.75, 3.05) is 30.5 Å². The zero-order chi connectivity index (χ0) is 16.2. The van der Waals surface area contributed by atoms with E-state index in [1.165, 1.54) is 7.11 Å². The summed E-state index contributed by atoms with van der Waals surface area (Å²) in [5, 5.41) is 3.04. The van der Waals surface area contributed by atoms with E-state index in [2.05, 4.69) is 5.32 Å². The first-order valence-electron chi connectivity index (χ1n) is 8.42. The van der Waals surface area contributed by atoms with Gasteiger partial charge in [0.15, 0.2) is 0 Å². The molecule has 1 heterocycles. The summed E-state index contributed by atoms with van der Waals surface area (Å²) >= 11 is 0. The Morgan fingerprint density at radius 2 is 2.04 bits per heavy atom. The molecule has 3 rings (SSSR count). The number of amides is 2. The normalized spacial score (nSPS) is 17.9. The van der Waals surface area contributed by atoms with Gasteiger partial charge >= 0.3 is 0 Å². The molecule has 5 nitrogen and oxygen atoms in total. The zero-order valence-electron chi connectivity index (χ0n) is 13.6. The van der Waals surface area contributed by atoms with E-state index >= 15 is 0 Å². The van der Waals surface area contributed by atoms with Crippen molar-refractivity contribution in [2.24, 2.45) is 5.92 Å². The maximum Gasteiger partial charge on any atom is 0.252 e. The number of ether oxygens (including phenoxy) is 1. The van der Waals surface area contributed by atoms with Crippen molar-refractivity contribution in [2.45, 2.75) is 38.5 Å². The van der Waals surface area contributed by atoms with Crippen LogP contribution < -0.4 is 10.2 Å². The van der Waals surface area contributed by atoms with Crippen LogP contribution in [0.15, 0.2) is 18.2 Å². The topological polar surface area (TPSA) is 58.6 Å². The van der Waals surface area contributed by atoms with E-state index in [1.807, 2.05) is 18.2 Å². The van der Waals surface area contributed by atoms with Crippen LogP contribution in [0.2, 0.25) is 0 Å². The van der Waals surface area contributed by atoms with E-state index in [-0.39, 0.29) is 24.3 Å². The minimum atomic E-state index is -0.0174. The highest BCUT2D eigenvalue weighted by Crippen LogP contribution is 2.31. The number of aryl methyl sites for hydroxylation is 1. The Morgan fingerprint density at radius 1 is 1.26 bits per heavy atom. The summed E-state index contributed by atoms with van der Waals surface area (Å²) < 4.78 is 4.96. The van der Waals surface area contributed by atoms with Crippen LogP contribution in [-0.4, -0.2) is 32.1 Å². The maximum atomic E-state index is 12.2. The number of nitrogens with one attached hydrogen (secondary N) is 1. The van der Waals surface area contributed by atoms with E-state index in [0.717, 1.165) is 62.0 Å². The molecule has 1 aromatic rings. The summed E-state index contributed by atoms with van der Waals surface area (Å²) in [6.45, 7) is 0.822. The lowest BCUT2D eigenvalue weighted by molar-refractivity contribution is -0.122. The Morgan fingerprint density at radius 3 is 2.78 bits per heavy atom. The van der Waals surface area contributed by atoms with Crippen molar-refractivity contribution < 1.29 is 14.3 Å². The lowest BCUT2D eigenvalue weighted by atomic mass is 10.0. The summed E-state index contributed by atoms with van der Waals surface area (Å²) in [5.41, 5.74) is 2.89. The highest BCUT2D eigenvalue weighted by Gasteiger charge is 2.25. The second-order valence-corrected chi connectivity index (χ2v) is 6.40. The van der Waals surface area contributed by atoms with Crippen molar-refractivity contribution in [3.63, 3.8) is 0 Å². The van der Waals surface area contributed by atoms with E-state index in [0.29, 0.717) is 0 Å². The summed E-state index contributed by atoms with van der Waals surface area (Å²) in [5.74, 6) is 0.271. The SMILES string of the molecule is COCC(=O)N1CCCc2cc(NC(=O)C3CCCC3)ccc21. The molecule has 1 aliphatic heterocycles. The molecule has 0 bridgehead atoms. The van der Waals surface area contributed by atoms with Crippen LogP contribution in [0.3, 0.4) is 0 Å². The molecule has 0 spiro atoms. The molecule has 23 heavy (non-hydrogen) atoms. The molecule has 0 unspecified atom stereocenters. The number of fused-ring (bicyclic) bond motifs is 1. The van der Waals surface area contributed by atoms with Gasteiger partial charge in [-0.25, -0.2) is 0 Å². The van der Waals surface area contributed by atoms with Crippen molar-refractivity contribution in [1.82, 2.24) is 0 Å². The van der Waals surface area contributed by atoms with E-state index in [1.54, 1.807) is 4.90 Å². The van der Waals surface area contributed by atoms with Gasteiger partial charge in [0.05, 0.1) is 0 Å². The molecule has 1 aliphatic carbocycles. The smallest absolute Gasteiger partial charge is 0.252 e. The Bertz CT molecular complexity index is 594. The second-order valence-electron chi connectivity index (χ2n) is 6.40. The minimum absolute atomic E-state index is 0.0174. The number of anilines is 2. The minimum Gasteiger partial charge on any atom is -0.375 e. The average Bonchev–Trinajstić information content (AvgIpc) is 3.09. The third-order valence-corrected chi connectivity index (χ3v) is 4.76. The summed E-state index contributed by atoms with van der Waals surface area (Å²) in [4.78, 5) is 26.2. The van der Waals surface area contributed by atoms with Gasteiger partial charge in [-0.2, -0.15) is 0 Å². The van der Waals surface area contributed by atoms with E-state index in [9.17, 15) is 9.59 Å². The Hall–Kier alpha value is -1.88. The van der Waals surface area contributed by atoms with Crippen molar-refractivity contribution >= 4 is 23.2 Å². The number of hydrogen-bond acceptors (Lipinski definition) is 3. The monoisotopic (exact) mass is 316 g/mol. The molecule has 2 aliphatic rings. The van der Waals surface area contributed by atoms with Crippen LogP contribution >= 0.6 is 0 Å². The lowest BCUT2D eigenvalue weighted by Crippen LogP contribution is -2.37. The fourth-order valence-electron chi connectivity index (χ4n) is 3.57. The fraction of sp³-hybridized carbons (Fsp3) is 0.556. The third kappa shape index (κ3) is 3.55. The molecule has 0 aromatic heterocycles. The lowest BCUT2D eigenvalue weighted by Gasteiger charge is -2.29. The maximum absolute atomic E-state index is 12.2. The first-order chi connectivity index (χ1) is 11.2. The van der Waals surface area contributed by atoms with Crippen LogP contribution in [-0.2, 0) is 20.7 Å². The van der Waals surface area contributed by atoms with Gasteiger partial charge in [-0.1, -0.05) is 12.8 Å². The van der Waals surface area contributed by atoms with Crippen molar-refractivity contribution in [3.8, 4) is 0 Å². The number of carbonyl (C=O) groups is 2. The number of nitrogens with zero attached hydrogens (tertiary/aromatic N) is 1. The summed E-state index contributed by atoms with van der Waals surface area (Å²) in [6.07, 6.45) is 6.16. The Kier molecular flexibility index (Phi) is 4.96. The Labute approximate surface area is 137 Å². The summed E-state index contributed by atoms with van der Waals surface area (Å²) in [7, 11) is 1.53. The second kappa shape index (κ2) is 7.13. The highest BCUT2D eigenvalue weighted by atomic mass is 16.5.